The molecule has 0 saturated carbocycles. The maximum Gasteiger partial charge on any atom is 0.417 e. The first-order valence-electron chi connectivity index (χ1n) is 7.12. The van der Waals surface area contributed by atoms with Crippen LogP contribution in [0.1, 0.15) is 16.7 Å². The molecule has 0 unspecified atom stereocenters. The molecule has 0 aliphatic rings. The van der Waals surface area contributed by atoms with Gasteiger partial charge in [0.2, 0.25) is 11.8 Å². The molecule has 0 radical (unpaired) electrons. The molecule has 1 N–H and O–H groups in total. The van der Waals surface area contributed by atoms with E-state index in [1.54, 1.807) is 18.3 Å². The lowest BCUT2D eigenvalue weighted by molar-refractivity contribution is -0.137. The first kappa shape index (κ1) is 18.8. The number of rotatable bonds is 5. The minimum atomic E-state index is -4.56. The van der Waals surface area contributed by atoms with Crippen LogP contribution in [0.15, 0.2) is 42.6 Å². The van der Waals surface area contributed by atoms with Crippen molar-refractivity contribution in [1.29, 1.82) is 0 Å². The number of hydrogen-bond acceptors (Lipinski definition) is 3. The lowest BCUT2D eigenvalue weighted by Crippen LogP contribution is -2.20. The number of halogens is 4. The van der Waals surface area contributed by atoms with E-state index < -0.39 is 22.7 Å². The van der Waals surface area contributed by atoms with Gasteiger partial charge in [-0.1, -0.05) is 23.7 Å². The van der Waals surface area contributed by atoms with Crippen molar-refractivity contribution >= 4 is 23.6 Å². The molecule has 4 nitrogen and oxygen atoms in total. The number of carbonyl (C=O) groups excluding carboxylic acids is 1. The molecule has 132 valence electrons. The van der Waals surface area contributed by atoms with Gasteiger partial charge in [-0.15, -0.1) is 0 Å². The van der Waals surface area contributed by atoms with Crippen molar-refractivity contribution in [2.24, 2.45) is 0 Å². The first-order valence-corrected chi connectivity index (χ1v) is 7.49. The van der Waals surface area contributed by atoms with Gasteiger partial charge in [0.25, 0.3) is 0 Å². The Morgan fingerprint density at radius 1 is 1.36 bits per heavy atom. The Morgan fingerprint density at radius 3 is 2.80 bits per heavy atom. The molecule has 0 atom stereocenters. The van der Waals surface area contributed by atoms with E-state index in [-0.39, 0.29) is 12.1 Å². The zero-order chi connectivity index (χ0) is 18.4. The molecular weight excluding hydrogens is 357 g/mol. The van der Waals surface area contributed by atoms with Crippen LogP contribution in [-0.2, 0) is 17.5 Å². The summed E-state index contributed by atoms with van der Waals surface area (Å²) in [6.07, 6.45) is -0.573. The Hall–Kier alpha value is -2.54. The Kier molecular flexibility index (Phi) is 6.03. The second kappa shape index (κ2) is 8.02. The molecule has 0 aliphatic carbocycles. The number of methoxy groups -OCH3 is 1. The fourth-order valence-electron chi connectivity index (χ4n) is 2.02. The van der Waals surface area contributed by atoms with Gasteiger partial charge in [-0.3, -0.25) is 4.79 Å². The number of nitrogens with zero attached hydrogens (tertiary/aromatic N) is 1. The molecule has 1 aromatic carbocycles. The number of alkyl halides is 3. The van der Waals surface area contributed by atoms with Crippen molar-refractivity contribution in [2.45, 2.75) is 12.7 Å². The number of carbonyl (C=O) groups is 1. The van der Waals surface area contributed by atoms with E-state index in [0.717, 1.165) is 18.2 Å². The topological polar surface area (TPSA) is 51.2 Å². The molecule has 1 heterocycles. The molecule has 0 spiro atoms. The SMILES string of the molecule is COc1ncccc1CNC(=O)/C=C/c1ccc(Cl)c(C(F)(F)F)c1. The minimum absolute atomic E-state index is 0.175. The molecular formula is C17H14ClF3N2O2. The number of amides is 1. The van der Waals surface area contributed by atoms with Crippen LogP contribution in [0.5, 0.6) is 5.88 Å². The van der Waals surface area contributed by atoms with Gasteiger partial charge in [-0.25, -0.2) is 4.98 Å². The second-order valence-electron chi connectivity index (χ2n) is 4.96. The summed E-state index contributed by atoms with van der Waals surface area (Å²) < 4.78 is 43.5. The molecule has 25 heavy (non-hydrogen) atoms. The normalized spacial score (nSPS) is 11.6. The fourth-order valence-corrected chi connectivity index (χ4v) is 2.24. The van der Waals surface area contributed by atoms with Crippen molar-refractivity contribution in [1.82, 2.24) is 10.3 Å². The van der Waals surface area contributed by atoms with E-state index in [9.17, 15) is 18.0 Å². The molecule has 1 aromatic heterocycles. The lowest BCUT2D eigenvalue weighted by Gasteiger charge is -2.09. The number of hydrogen-bond donors (Lipinski definition) is 1. The van der Waals surface area contributed by atoms with Gasteiger partial charge < -0.3 is 10.1 Å². The van der Waals surface area contributed by atoms with E-state index in [2.05, 4.69) is 10.3 Å². The van der Waals surface area contributed by atoms with Gasteiger partial charge in [0.05, 0.1) is 17.7 Å². The lowest BCUT2D eigenvalue weighted by atomic mass is 10.1. The van der Waals surface area contributed by atoms with Crippen LogP contribution in [-0.4, -0.2) is 18.0 Å². The highest BCUT2D eigenvalue weighted by Gasteiger charge is 2.33. The first-order chi connectivity index (χ1) is 11.8. The summed E-state index contributed by atoms with van der Waals surface area (Å²) in [6, 6.07) is 6.86. The third-order valence-electron chi connectivity index (χ3n) is 3.22. The maximum atomic E-state index is 12.8. The zero-order valence-electron chi connectivity index (χ0n) is 13.1. The van der Waals surface area contributed by atoms with E-state index in [1.807, 2.05) is 0 Å². The van der Waals surface area contributed by atoms with E-state index >= 15 is 0 Å². The Morgan fingerprint density at radius 2 is 2.12 bits per heavy atom. The van der Waals surface area contributed by atoms with Gasteiger partial charge >= 0.3 is 6.18 Å². The van der Waals surface area contributed by atoms with Crippen LogP contribution in [0.25, 0.3) is 6.08 Å². The van der Waals surface area contributed by atoms with Crippen molar-refractivity contribution in [3.63, 3.8) is 0 Å². The van der Waals surface area contributed by atoms with Crippen LogP contribution in [0.3, 0.4) is 0 Å². The molecule has 2 aromatic rings. The molecule has 0 saturated heterocycles. The van der Waals surface area contributed by atoms with Crippen LogP contribution in [0.4, 0.5) is 13.2 Å². The molecule has 1 amide bonds. The molecule has 0 fully saturated rings. The molecule has 0 bridgehead atoms. The molecule has 2 rings (SSSR count). The van der Waals surface area contributed by atoms with Crippen LogP contribution < -0.4 is 10.1 Å². The summed E-state index contributed by atoms with van der Waals surface area (Å²) in [5.74, 6) is -0.0753. The zero-order valence-corrected chi connectivity index (χ0v) is 13.9. The largest absolute Gasteiger partial charge is 0.481 e. The fraction of sp³-hybridized carbons (Fsp3) is 0.176. The van der Waals surface area contributed by atoms with E-state index in [4.69, 9.17) is 16.3 Å². The summed E-state index contributed by atoms with van der Waals surface area (Å²) in [6.45, 7) is 0.175. The standard InChI is InChI=1S/C17H14ClF3N2O2/c1-25-16-12(3-2-8-22-16)10-23-15(24)7-5-11-4-6-14(18)13(9-11)17(19,20)21/h2-9H,10H2,1H3,(H,23,24)/b7-5+. The number of benzene rings is 1. The van der Waals surface area contributed by atoms with Crippen molar-refractivity contribution < 1.29 is 22.7 Å². The van der Waals surface area contributed by atoms with Gasteiger partial charge in [0.1, 0.15) is 0 Å². The van der Waals surface area contributed by atoms with Crippen LogP contribution in [0.2, 0.25) is 5.02 Å². The highest BCUT2D eigenvalue weighted by Crippen LogP contribution is 2.35. The summed E-state index contributed by atoms with van der Waals surface area (Å²) in [5, 5.41) is 2.22. The number of nitrogens with one attached hydrogen (secondary N) is 1. The van der Waals surface area contributed by atoms with Gasteiger partial charge in [-0.05, 0) is 29.8 Å². The molecule has 8 heteroatoms. The maximum absolute atomic E-state index is 12.8. The minimum Gasteiger partial charge on any atom is -0.481 e. The second-order valence-corrected chi connectivity index (χ2v) is 5.37. The van der Waals surface area contributed by atoms with Crippen molar-refractivity contribution in [2.75, 3.05) is 7.11 Å². The summed E-state index contributed by atoms with van der Waals surface area (Å²) in [4.78, 5) is 15.8. The monoisotopic (exact) mass is 370 g/mol. The van der Waals surface area contributed by atoms with Crippen LogP contribution >= 0.6 is 11.6 Å². The Labute approximate surface area is 147 Å². The van der Waals surface area contributed by atoms with Crippen molar-refractivity contribution in [3.05, 3.63) is 64.3 Å². The number of ether oxygens (including phenoxy) is 1. The Balaban J connectivity index is 2.03. The summed E-state index contributed by atoms with van der Waals surface area (Å²) in [5.41, 5.74) is -0.0553. The highest BCUT2D eigenvalue weighted by atomic mass is 35.5. The highest BCUT2D eigenvalue weighted by molar-refractivity contribution is 6.31. The third-order valence-corrected chi connectivity index (χ3v) is 3.55. The number of aromatic nitrogens is 1. The van der Waals surface area contributed by atoms with Crippen LogP contribution in [0, 0.1) is 0 Å². The Bertz CT molecular complexity index is 792. The summed E-state index contributed by atoms with van der Waals surface area (Å²) in [7, 11) is 1.46. The number of pyridine rings is 1. The smallest absolute Gasteiger partial charge is 0.417 e. The van der Waals surface area contributed by atoms with Crippen molar-refractivity contribution in [3.8, 4) is 5.88 Å². The predicted molar refractivity (Wildman–Crippen MR) is 88.1 cm³/mol. The average Bonchev–Trinajstić information content (AvgIpc) is 2.58. The van der Waals surface area contributed by atoms with E-state index in [0.29, 0.717) is 11.4 Å². The predicted octanol–water partition coefficient (Wildman–Crippen LogP) is 4.09. The molecule has 0 aliphatic heterocycles. The van der Waals surface area contributed by atoms with Gasteiger partial charge in [0, 0.05) is 24.4 Å². The third kappa shape index (κ3) is 5.22. The summed E-state index contributed by atoms with van der Waals surface area (Å²) >= 11 is 5.55. The van der Waals surface area contributed by atoms with E-state index in [1.165, 1.54) is 19.3 Å². The average molecular weight is 371 g/mol. The van der Waals surface area contributed by atoms with Gasteiger partial charge in [0.15, 0.2) is 0 Å². The quantitative estimate of drug-likeness (QED) is 0.806. The van der Waals surface area contributed by atoms with Gasteiger partial charge in [-0.2, -0.15) is 13.2 Å².